The average Bonchev–Trinajstić information content (AvgIpc) is 3.47. The Morgan fingerprint density at radius 1 is 0.969 bits per heavy atom. The summed E-state index contributed by atoms with van der Waals surface area (Å²) in [7, 11) is 0. The highest BCUT2D eigenvalue weighted by Gasteiger charge is 2.30. The third-order valence-corrected chi connectivity index (χ3v) is 5.94. The third kappa shape index (κ3) is 5.44. The van der Waals surface area contributed by atoms with E-state index in [4.69, 9.17) is 16.0 Å². The van der Waals surface area contributed by atoms with E-state index in [9.17, 15) is 0 Å². The maximum Gasteiger partial charge on any atom is 0.168 e. The van der Waals surface area contributed by atoms with Crippen molar-refractivity contribution in [2.45, 2.75) is 45.9 Å². The SMILES string of the molecule is CC(C)C(c1nnnn1CCc1ccccc1)N(Cc1ccco1)Cc1ccccc1Cl. The number of nitrogens with zero attached hydrogens (tertiary/aromatic N) is 5. The molecule has 7 heteroatoms. The molecule has 1 unspecified atom stereocenters. The molecule has 32 heavy (non-hydrogen) atoms. The standard InChI is InChI=1S/C25H28ClN5O/c1-19(2)24(25-27-28-29-31(25)15-14-20-9-4-3-5-10-20)30(18-22-12-8-16-32-22)17-21-11-6-7-13-23(21)26/h3-13,16,19,24H,14-15,17-18H2,1-2H3. The first-order valence-corrected chi connectivity index (χ1v) is 11.3. The normalized spacial score (nSPS) is 12.5. The maximum atomic E-state index is 6.51. The fourth-order valence-electron chi connectivity index (χ4n) is 4.05. The lowest BCUT2D eigenvalue weighted by atomic mass is 10.00. The molecule has 0 spiro atoms. The molecule has 166 valence electrons. The van der Waals surface area contributed by atoms with Crippen molar-refractivity contribution in [3.8, 4) is 0 Å². The Hall–Kier alpha value is -2.96. The van der Waals surface area contributed by atoms with Gasteiger partial charge in [0.1, 0.15) is 5.76 Å². The van der Waals surface area contributed by atoms with Gasteiger partial charge in [-0.2, -0.15) is 0 Å². The van der Waals surface area contributed by atoms with Crippen LogP contribution in [-0.4, -0.2) is 25.1 Å². The zero-order valence-electron chi connectivity index (χ0n) is 18.4. The summed E-state index contributed by atoms with van der Waals surface area (Å²) in [4.78, 5) is 2.34. The molecule has 0 aliphatic carbocycles. The molecule has 0 N–H and O–H groups in total. The number of halogens is 1. The van der Waals surface area contributed by atoms with Crippen molar-refractivity contribution in [3.05, 3.63) is 101 Å². The molecule has 1 atom stereocenters. The zero-order valence-corrected chi connectivity index (χ0v) is 19.2. The number of benzene rings is 2. The summed E-state index contributed by atoms with van der Waals surface area (Å²) >= 11 is 6.51. The van der Waals surface area contributed by atoms with Crippen molar-refractivity contribution in [2.24, 2.45) is 5.92 Å². The topological polar surface area (TPSA) is 60.0 Å². The number of rotatable bonds is 10. The van der Waals surface area contributed by atoms with Crippen LogP contribution in [0, 0.1) is 5.92 Å². The Morgan fingerprint density at radius 3 is 2.47 bits per heavy atom. The monoisotopic (exact) mass is 449 g/mol. The second-order valence-electron chi connectivity index (χ2n) is 8.26. The number of aryl methyl sites for hydroxylation is 2. The van der Waals surface area contributed by atoms with Crippen LogP contribution < -0.4 is 0 Å². The molecule has 6 nitrogen and oxygen atoms in total. The van der Waals surface area contributed by atoms with Gasteiger partial charge in [-0.05, 0) is 52.1 Å². The van der Waals surface area contributed by atoms with Gasteiger partial charge in [0.25, 0.3) is 0 Å². The predicted octanol–water partition coefficient (Wildman–Crippen LogP) is 5.56. The van der Waals surface area contributed by atoms with Gasteiger partial charge >= 0.3 is 0 Å². The van der Waals surface area contributed by atoms with E-state index < -0.39 is 0 Å². The highest BCUT2D eigenvalue weighted by molar-refractivity contribution is 6.31. The van der Waals surface area contributed by atoms with Crippen molar-refractivity contribution in [1.29, 1.82) is 0 Å². The van der Waals surface area contributed by atoms with Crippen LogP contribution in [0.3, 0.4) is 0 Å². The van der Waals surface area contributed by atoms with E-state index in [2.05, 4.69) is 64.6 Å². The van der Waals surface area contributed by atoms with Gasteiger partial charge in [0, 0.05) is 18.1 Å². The highest BCUT2D eigenvalue weighted by Crippen LogP contribution is 2.31. The molecule has 0 saturated carbocycles. The summed E-state index contributed by atoms with van der Waals surface area (Å²) < 4.78 is 7.61. The minimum absolute atomic E-state index is 0.0119. The van der Waals surface area contributed by atoms with E-state index in [1.54, 1.807) is 6.26 Å². The van der Waals surface area contributed by atoms with E-state index in [0.717, 1.165) is 35.1 Å². The number of hydrogen-bond acceptors (Lipinski definition) is 5. The Balaban J connectivity index is 1.63. The zero-order chi connectivity index (χ0) is 22.3. The van der Waals surface area contributed by atoms with Crippen LogP contribution in [0.5, 0.6) is 0 Å². The smallest absolute Gasteiger partial charge is 0.168 e. The molecule has 0 aliphatic heterocycles. The molecule has 2 aromatic heterocycles. The molecule has 4 rings (SSSR count). The summed E-state index contributed by atoms with van der Waals surface area (Å²) in [6.07, 6.45) is 2.57. The molecule has 0 amide bonds. The predicted molar refractivity (Wildman–Crippen MR) is 125 cm³/mol. The third-order valence-electron chi connectivity index (χ3n) is 5.57. The molecule has 2 heterocycles. The Bertz CT molecular complexity index is 1090. The summed E-state index contributed by atoms with van der Waals surface area (Å²) in [5.74, 6) is 2.02. The van der Waals surface area contributed by atoms with E-state index in [0.29, 0.717) is 13.1 Å². The van der Waals surface area contributed by atoms with E-state index in [-0.39, 0.29) is 12.0 Å². The van der Waals surface area contributed by atoms with Gasteiger partial charge in [0.15, 0.2) is 5.82 Å². The van der Waals surface area contributed by atoms with Crippen molar-refractivity contribution in [3.63, 3.8) is 0 Å². The summed E-state index contributed by atoms with van der Waals surface area (Å²) in [5, 5.41) is 13.6. The van der Waals surface area contributed by atoms with Gasteiger partial charge in [0.2, 0.25) is 0 Å². The summed E-state index contributed by atoms with van der Waals surface area (Å²) in [6, 6.07) is 22.3. The van der Waals surface area contributed by atoms with E-state index in [1.807, 2.05) is 41.1 Å². The molecule has 0 saturated heterocycles. The second-order valence-corrected chi connectivity index (χ2v) is 8.67. The Labute approximate surface area is 193 Å². The van der Waals surface area contributed by atoms with Crippen LogP contribution in [0.2, 0.25) is 5.02 Å². The first kappa shape index (κ1) is 22.2. The maximum absolute atomic E-state index is 6.51. The molecule has 4 aromatic rings. The van der Waals surface area contributed by atoms with E-state index in [1.165, 1.54) is 5.56 Å². The second kappa shape index (κ2) is 10.6. The van der Waals surface area contributed by atoms with Gasteiger partial charge in [0.05, 0.1) is 18.8 Å². The van der Waals surface area contributed by atoms with Gasteiger partial charge < -0.3 is 4.42 Å². The van der Waals surface area contributed by atoms with Crippen LogP contribution in [0.15, 0.2) is 77.4 Å². The van der Waals surface area contributed by atoms with Gasteiger partial charge in [-0.3, -0.25) is 4.90 Å². The molecular weight excluding hydrogens is 422 g/mol. The number of aromatic nitrogens is 4. The molecule has 0 aliphatic rings. The van der Waals surface area contributed by atoms with Crippen molar-refractivity contribution >= 4 is 11.6 Å². The van der Waals surface area contributed by atoms with Crippen molar-refractivity contribution in [1.82, 2.24) is 25.1 Å². The molecule has 0 radical (unpaired) electrons. The Kier molecular flexibility index (Phi) is 7.35. The summed E-state index contributed by atoms with van der Waals surface area (Å²) in [6.45, 7) is 6.41. The quantitative estimate of drug-likeness (QED) is 0.317. The molecule has 2 aromatic carbocycles. The first-order valence-electron chi connectivity index (χ1n) is 10.9. The van der Waals surface area contributed by atoms with E-state index >= 15 is 0 Å². The van der Waals surface area contributed by atoms with Gasteiger partial charge in [-0.15, -0.1) is 5.10 Å². The number of furan rings is 1. The van der Waals surface area contributed by atoms with Gasteiger partial charge in [-0.1, -0.05) is 74.0 Å². The minimum atomic E-state index is -0.0119. The average molecular weight is 450 g/mol. The van der Waals surface area contributed by atoms with Crippen LogP contribution in [0.25, 0.3) is 0 Å². The van der Waals surface area contributed by atoms with Crippen LogP contribution in [0.4, 0.5) is 0 Å². The fraction of sp³-hybridized carbons (Fsp3) is 0.320. The molecule has 0 bridgehead atoms. The van der Waals surface area contributed by atoms with Crippen molar-refractivity contribution in [2.75, 3.05) is 0 Å². The summed E-state index contributed by atoms with van der Waals surface area (Å²) in [5.41, 5.74) is 2.33. The van der Waals surface area contributed by atoms with Crippen molar-refractivity contribution < 1.29 is 4.42 Å². The molecule has 0 fully saturated rings. The van der Waals surface area contributed by atoms with Crippen LogP contribution in [-0.2, 0) is 26.1 Å². The fourth-order valence-corrected chi connectivity index (χ4v) is 4.24. The lowest BCUT2D eigenvalue weighted by Crippen LogP contribution is -2.34. The lowest BCUT2D eigenvalue weighted by molar-refractivity contribution is 0.116. The largest absolute Gasteiger partial charge is 0.468 e. The van der Waals surface area contributed by atoms with Crippen LogP contribution >= 0.6 is 11.6 Å². The Morgan fingerprint density at radius 2 is 1.75 bits per heavy atom. The van der Waals surface area contributed by atoms with Crippen LogP contribution in [0.1, 0.15) is 42.6 Å². The lowest BCUT2D eigenvalue weighted by Gasteiger charge is -2.33. The van der Waals surface area contributed by atoms with Gasteiger partial charge in [-0.25, -0.2) is 4.68 Å². The number of tetrazole rings is 1. The molecular formula is C25H28ClN5O. The minimum Gasteiger partial charge on any atom is -0.468 e. The number of hydrogen-bond donors (Lipinski definition) is 0. The first-order chi connectivity index (χ1) is 15.6. The highest BCUT2D eigenvalue weighted by atomic mass is 35.5.